The van der Waals surface area contributed by atoms with Crippen LogP contribution in [-0.2, 0) is 20.7 Å². The Bertz CT molecular complexity index is 850. The lowest BCUT2D eigenvalue weighted by molar-refractivity contribution is -0.153. The fourth-order valence-electron chi connectivity index (χ4n) is 2.32. The highest BCUT2D eigenvalue weighted by Crippen LogP contribution is 2.20. The van der Waals surface area contributed by atoms with Crippen molar-refractivity contribution in [3.63, 3.8) is 0 Å². The zero-order chi connectivity index (χ0) is 19.3. The van der Waals surface area contributed by atoms with Gasteiger partial charge in [-0.1, -0.05) is 16.8 Å². The molecule has 7 nitrogen and oxygen atoms in total. The van der Waals surface area contributed by atoms with Crippen molar-refractivity contribution in [3.05, 3.63) is 45.8 Å². The van der Waals surface area contributed by atoms with Crippen molar-refractivity contribution in [1.29, 1.82) is 5.26 Å². The Morgan fingerprint density at radius 2 is 2.15 bits per heavy atom. The highest BCUT2D eigenvalue weighted by Gasteiger charge is 2.19. The summed E-state index contributed by atoms with van der Waals surface area (Å²) in [5, 5.41) is 15.5. The van der Waals surface area contributed by atoms with E-state index in [1.807, 2.05) is 6.07 Å². The molecule has 0 spiro atoms. The average molecular weight is 376 g/mol. The maximum absolute atomic E-state index is 12.1. The molecule has 0 aliphatic rings. The lowest BCUT2D eigenvalue weighted by Gasteiger charge is -2.14. The SMILES string of the molecule is Cc1noc(C)c1CCC(=O)O[C@H](C)C(=O)Nc1ccc(C#N)c(Cl)c1. The summed E-state index contributed by atoms with van der Waals surface area (Å²) in [4.78, 5) is 24.1. The number of ether oxygens (including phenoxy) is 1. The molecule has 0 bridgehead atoms. The molecule has 1 N–H and O–H groups in total. The van der Waals surface area contributed by atoms with Gasteiger partial charge in [-0.25, -0.2) is 0 Å². The van der Waals surface area contributed by atoms with Gasteiger partial charge in [0.15, 0.2) is 6.10 Å². The average Bonchev–Trinajstić information content (AvgIpc) is 2.91. The van der Waals surface area contributed by atoms with E-state index < -0.39 is 18.0 Å². The second kappa shape index (κ2) is 8.50. The third kappa shape index (κ3) is 4.83. The molecule has 0 saturated heterocycles. The number of carbonyl (C=O) groups is 2. The van der Waals surface area contributed by atoms with Crippen molar-refractivity contribution in [1.82, 2.24) is 5.16 Å². The molecule has 26 heavy (non-hydrogen) atoms. The molecular formula is C18H18ClN3O4. The quantitative estimate of drug-likeness (QED) is 0.776. The molecule has 1 heterocycles. The molecule has 1 amide bonds. The number of aromatic nitrogens is 1. The first-order chi connectivity index (χ1) is 12.3. The van der Waals surface area contributed by atoms with Gasteiger partial charge in [-0.2, -0.15) is 5.26 Å². The largest absolute Gasteiger partial charge is 0.453 e. The Balaban J connectivity index is 1.87. The Kier molecular flexibility index (Phi) is 6.36. The third-order valence-corrected chi connectivity index (χ3v) is 4.11. The van der Waals surface area contributed by atoms with Crippen molar-refractivity contribution in [2.45, 2.75) is 39.7 Å². The van der Waals surface area contributed by atoms with Gasteiger partial charge in [-0.15, -0.1) is 0 Å². The van der Waals surface area contributed by atoms with Crippen LogP contribution < -0.4 is 5.32 Å². The van der Waals surface area contributed by atoms with Gasteiger partial charge in [-0.3, -0.25) is 9.59 Å². The first-order valence-corrected chi connectivity index (χ1v) is 8.31. The van der Waals surface area contributed by atoms with E-state index in [9.17, 15) is 9.59 Å². The summed E-state index contributed by atoms with van der Waals surface area (Å²) < 4.78 is 10.2. The van der Waals surface area contributed by atoms with E-state index >= 15 is 0 Å². The molecular weight excluding hydrogens is 358 g/mol. The van der Waals surface area contributed by atoms with Crippen molar-refractivity contribution >= 4 is 29.2 Å². The normalized spacial score (nSPS) is 11.5. The number of aryl methyl sites for hydroxylation is 2. The smallest absolute Gasteiger partial charge is 0.306 e. The number of amides is 1. The van der Waals surface area contributed by atoms with E-state index in [4.69, 9.17) is 26.1 Å². The second-order valence-corrected chi connectivity index (χ2v) is 6.14. The number of hydrogen-bond acceptors (Lipinski definition) is 6. The Hall–Kier alpha value is -2.85. The Labute approximate surface area is 155 Å². The zero-order valence-corrected chi connectivity index (χ0v) is 15.4. The lowest BCUT2D eigenvalue weighted by Crippen LogP contribution is -2.30. The van der Waals surface area contributed by atoms with E-state index in [2.05, 4.69) is 10.5 Å². The molecule has 8 heteroatoms. The number of carbonyl (C=O) groups excluding carboxylic acids is 2. The summed E-state index contributed by atoms with van der Waals surface area (Å²) in [6.07, 6.45) is -0.426. The number of hydrogen-bond donors (Lipinski definition) is 1. The second-order valence-electron chi connectivity index (χ2n) is 5.73. The van der Waals surface area contributed by atoms with Crippen LogP contribution in [0.15, 0.2) is 22.7 Å². The summed E-state index contributed by atoms with van der Waals surface area (Å²) in [6, 6.07) is 6.44. The summed E-state index contributed by atoms with van der Waals surface area (Å²) in [5.74, 6) is -0.319. The third-order valence-electron chi connectivity index (χ3n) is 3.79. The summed E-state index contributed by atoms with van der Waals surface area (Å²) >= 11 is 5.92. The van der Waals surface area contributed by atoms with Crippen molar-refractivity contribution < 1.29 is 18.8 Å². The number of esters is 1. The van der Waals surface area contributed by atoms with Crippen LogP contribution in [0.5, 0.6) is 0 Å². The van der Waals surface area contributed by atoms with Gasteiger partial charge in [0.1, 0.15) is 11.8 Å². The number of nitrogens with zero attached hydrogens (tertiary/aromatic N) is 2. The lowest BCUT2D eigenvalue weighted by atomic mass is 10.1. The molecule has 0 fully saturated rings. The maximum atomic E-state index is 12.1. The van der Waals surface area contributed by atoms with Crippen LogP contribution in [0.25, 0.3) is 0 Å². The molecule has 0 unspecified atom stereocenters. The molecule has 0 aliphatic heterocycles. The van der Waals surface area contributed by atoms with Crippen LogP contribution in [0.4, 0.5) is 5.69 Å². The minimum absolute atomic E-state index is 0.114. The zero-order valence-electron chi connectivity index (χ0n) is 14.6. The first kappa shape index (κ1) is 19.5. The number of nitriles is 1. The summed E-state index contributed by atoms with van der Waals surface area (Å²) in [5.41, 5.74) is 2.33. The topological polar surface area (TPSA) is 105 Å². The Morgan fingerprint density at radius 1 is 1.42 bits per heavy atom. The van der Waals surface area contributed by atoms with Gasteiger partial charge < -0.3 is 14.6 Å². The van der Waals surface area contributed by atoms with E-state index in [-0.39, 0.29) is 11.4 Å². The summed E-state index contributed by atoms with van der Waals surface area (Å²) in [6.45, 7) is 5.06. The monoisotopic (exact) mass is 375 g/mol. The van der Waals surface area contributed by atoms with Gasteiger partial charge in [0.25, 0.3) is 5.91 Å². The maximum Gasteiger partial charge on any atom is 0.306 e. The number of nitrogens with one attached hydrogen (secondary N) is 1. The molecule has 0 aliphatic carbocycles. The van der Waals surface area contributed by atoms with E-state index in [1.54, 1.807) is 19.9 Å². The highest BCUT2D eigenvalue weighted by molar-refractivity contribution is 6.32. The van der Waals surface area contributed by atoms with Gasteiger partial charge in [-0.05, 0) is 45.4 Å². The molecule has 1 atom stereocenters. The van der Waals surface area contributed by atoms with E-state index in [0.717, 1.165) is 11.3 Å². The van der Waals surface area contributed by atoms with E-state index in [0.29, 0.717) is 23.4 Å². The number of anilines is 1. The molecule has 1 aromatic carbocycles. The standard InChI is InChI=1S/C18H18ClN3O4/c1-10-15(11(2)26-22-10)6-7-17(23)25-12(3)18(24)21-14-5-4-13(9-20)16(19)8-14/h4-5,8,12H,6-7H2,1-3H3,(H,21,24)/t12-/m1/s1. The number of benzene rings is 1. The Morgan fingerprint density at radius 3 is 2.73 bits per heavy atom. The first-order valence-electron chi connectivity index (χ1n) is 7.93. The highest BCUT2D eigenvalue weighted by atomic mass is 35.5. The van der Waals surface area contributed by atoms with Gasteiger partial charge in [0, 0.05) is 17.7 Å². The molecule has 2 rings (SSSR count). The molecule has 0 saturated carbocycles. The predicted molar refractivity (Wildman–Crippen MR) is 94.6 cm³/mol. The van der Waals surface area contributed by atoms with Crippen molar-refractivity contribution in [3.8, 4) is 6.07 Å². The fraction of sp³-hybridized carbons (Fsp3) is 0.333. The van der Waals surface area contributed by atoms with Crippen molar-refractivity contribution in [2.24, 2.45) is 0 Å². The molecule has 1 aromatic heterocycles. The minimum atomic E-state index is -0.971. The summed E-state index contributed by atoms with van der Waals surface area (Å²) in [7, 11) is 0. The fourth-order valence-corrected chi connectivity index (χ4v) is 2.55. The molecule has 0 radical (unpaired) electrons. The van der Waals surface area contributed by atoms with Crippen LogP contribution in [-0.4, -0.2) is 23.1 Å². The number of rotatable bonds is 6. The minimum Gasteiger partial charge on any atom is -0.453 e. The van der Waals surface area contributed by atoms with Gasteiger partial charge >= 0.3 is 5.97 Å². The number of halogens is 1. The predicted octanol–water partition coefficient (Wildman–Crippen LogP) is 3.32. The van der Waals surface area contributed by atoms with E-state index in [1.165, 1.54) is 19.1 Å². The van der Waals surface area contributed by atoms with Gasteiger partial charge in [0.2, 0.25) is 0 Å². The van der Waals surface area contributed by atoms with Crippen LogP contribution in [0, 0.1) is 25.2 Å². The van der Waals surface area contributed by atoms with Crippen LogP contribution >= 0.6 is 11.6 Å². The van der Waals surface area contributed by atoms with Crippen molar-refractivity contribution in [2.75, 3.05) is 5.32 Å². The molecule has 136 valence electrons. The van der Waals surface area contributed by atoms with Crippen LogP contribution in [0.3, 0.4) is 0 Å². The van der Waals surface area contributed by atoms with Gasteiger partial charge in [0.05, 0.1) is 16.3 Å². The van der Waals surface area contributed by atoms with Crippen LogP contribution in [0.1, 0.15) is 35.9 Å². The van der Waals surface area contributed by atoms with Crippen LogP contribution in [0.2, 0.25) is 5.02 Å². The molecule has 2 aromatic rings.